The average molecular weight is 360 g/mol. The summed E-state index contributed by atoms with van der Waals surface area (Å²) < 4.78 is 36.3. The Morgan fingerprint density at radius 2 is 1.72 bits per heavy atom. The van der Waals surface area contributed by atoms with Crippen LogP contribution in [-0.2, 0) is 14.3 Å². The first kappa shape index (κ1) is 18.0. The second-order valence-electron chi connectivity index (χ2n) is 6.57. The SMILES string of the molecule is COc1cccc(C2CCCCC2OS(=O)(=O)c2ccc(C)cc2)c1. The molecule has 1 fully saturated rings. The summed E-state index contributed by atoms with van der Waals surface area (Å²) in [6, 6.07) is 14.6. The van der Waals surface area contributed by atoms with Gasteiger partial charge in [-0.05, 0) is 49.6 Å². The molecule has 0 amide bonds. The van der Waals surface area contributed by atoms with E-state index in [9.17, 15) is 8.42 Å². The summed E-state index contributed by atoms with van der Waals surface area (Å²) in [4.78, 5) is 0.216. The van der Waals surface area contributed by atoms with Gasteiger partial charge in [-0.2, -0.15) is 8.42 Å². The molecule has 25 heavy (non-hydrogen) atoms. The second kappa shape index (κ2) is 7.58. The number of hydrogen-bond donors (Lipinski definition) is 0. The van der Waals surface area contributed by atoms with Crippen molar-refractivity contribution in [1.82, 2.24) is 0 Å². The molecular weight excluding hydrogens is 336 g/mol. The van der Waals surface area contributed by atoms with Crippen LogP contribution in [0.3, 0.4) is 0 Å². The van der Waals surface area contributed by atoms with Crippen molar-refractivity contribution in [3.8, 4) is 5.75 Å². The molecule has 4 nitrogen and oxygen atoms in total. The normalized spacial score (nSPS) is 21.0. The van der Waals surface area contributed by atoms with Crippen molar-refractivity contribution in [2.45, 2.75) is 49.5 Å². The number of methoxy groups -OCH3 is 1. The number of ether oxygens (including phenoxy) is 1. The van der Waals surface area contributed by atoms with Gasteiger partial charge in [0.25, 0.3) is 10.1 Å². The highest BCUT2D eigenvalue weighted by molar-refractivity contribution is 7.86. The minimum atomic E-state index is -3.76. The van der Waals surface area contributed by atoms with E-state index in [4.69, 9.17) is 8.92 Å². The van der Waals surface area contributed by atoms with E-state index < -0.39 is 10.1 Å². The fraction of sp³-hybridized carbons (Fsp3) is 0.400. The maximum atomic E-state index is 12.7. The maximum absolute atomic E-state index is 12.7. The topological polar surface area (TPSA) is 52.6 Å². The van der Waals surface area contributed by atoms with Crippen molar-refractivity contribution in [3.63, 3.8) is 0 Å². The van der Waals surface area contributed by atoms with Crippen LogP contribution < -0.4 is 4.74 Å². The smallest absolute Gasteiger partial charge is 0.297 e. The van der Waals surface area contributed by atoms with Gasteiger partial charge in [0.1, 0.15) is 5.75 Å². The number of benzene rings is 2. The molecule has 2 aromatic rings. The summed E-state index contributed by atoms with van der Waals surface area (Å²) in [5, 5.41) is 0. The molecular formula is C20H24O4S. The number of hydrogen-bond acceptors (Lipinski definition) is 4. The fourth-order valence-electron chi connectivity index (χ4n) is 3.39. The van der Waals surface area contributed by atoms with E-state index in [0.29, 0.717) is 0 Å². The lowest BCUT2D eigenvalue weighted by atomic mass is 9.82. The van der Waals surface area contributed by atoms with Gasteiger partial charge in [-0.3, -0.25) is 4.18 Å². The van der Waals surface area contributed by atoms with Crippen molar-refractivity contribution in [2.75, 3.05) is 7.11 Å². The number of rotatable bonds is 5. The Labute approximate surface area is 149 Å². The minimum absolute atomic E-state index is 0.0593. The lowest BCUT2D eigenvalue weighted by Gasteiger charge is -2.31. The molecule has 1 saturated carbocycles. The third-order valence-corrected chi connectivity index (χ3v) is 6.13. The molecule has 0 N–H and O–H groups in total. The largest absolute Gasteiger partial charge is 0.497 e. The predicted octanol–water partition coefficient (Wildman–Crippen LogP) is 4.44. The van der Waals surface area contributed by atoms with Crippen LogP contribution in [0.2, 0.25) is 0 Å². The molecule has 0 radical (unpaired) electrons. The highest BCUT2D eigenvalue weighted by Gasteiger charge is 2.32. The van der Waals surface area contributed by atoms with Crippen LogP contribution in [0.15, 0.2) is 53.4 Å². The van der Waals surface area contributed by atoms with E-state index >= 15 is 0 Å². The standard InChI is InChI=1S/C20H24O4S/c1-15-10-12-18(13-11-15)25(21,22)24-20-9-4-3-8-19(20)16-6-5-7-17(14-16)23-2/h5-7,10-14,19-20H,3-4,8-9H2,1-2H3. The van der Waals surface area contributed by atoms with Gasteiger partial charge < -0.3 is 4.74 Å². The Balaban J connectivity index is 1.84. The molecule has 0 aliphatic heterocycles. The van der Waals surface area contributed by atoms with Crippen LogP contribution in [-0.4, -0.2) is 21.6 Å². The van der Waals surface area contributed by atoms with Crippen molar-refractivity contribution in [3.05, 3.63) is 59.7 Å². The van der Waals surface area contributed by atoms with Gasteiger partial charge in [-0.1, -0.05) is 42.7 Å². The highest BCUT2D eigenvalue weighted by atomic mass is 32.2. The van der Waals surface area contributed by atoms with Gasteiger partial charge in [0.15, 0.2) is 0 Å². The Kier molecular flexibility index (Phi) is 5.45. The molecule has 0 heterocycles. The van der Waals surface area contributed by atoms with Gasteiger partial charge >= 0.3 is 0 Å². The quantitative estimate of drug-likeness (QED) is 0.740. The van der Waals surface area contributed by atoms with E-state index in [1.165, 1.54) is 0 Å². The Hall–Kier alpha value is -1.85. The molecule has 134 valence electrons. The first-order valence-electron chi connectivity index (χ1n) is 8.63. The van der Waals surface area contributed by atoms with E-state index in [2.05, 4.69) is 0 Å². The lowest BCUT2D eigenvalue weighted by molar-refractivity contribution is 0.137. The third-order valence-electron chi connectivity index (χ3n) is 4.78. The summed E-state index contributed by atoms with van der Waals surface area (Å²) in [6.45, 7) is 1.93. The molecule has 2 unspecified atom stereocenters. The molecule has 1 aliphatic rings. The first-order chi connectivity index (χ1) is 12.0. The Morgan fingerprint density at radius 1 is 1.00 bits per heavy atom. The molecule has 0 spiro atoms. The minimum Gasteiger partial charge on any atom is -0.497 e. The number of aryl methyl sites for hydroxylation is 1. The fourth-order valence-corrected chi connectivity index (χ4v) is 4.53. The van der Waals surface area contributed by atoms with Crippen LogP contribution >= 0.6 is 0 Å². The third kappa shape index (κ3) is 4.22. The van der Waals surface area contributed by atoms with E-state index in [1.807, 2.05) is 31.2 Å². The molecule has 5 heteroatoms. The van der Waals surface area contributed by atoms with Crippen molar-refractivity contribution < 1.29 is 17.3 Å². The van der Waals surface area contributed by atoms with Gasteiger partial charge in [-0.15, -0.1) is 0 Å². The summed E-state index contributed by atoms with van der Waals surface area (Å²) in [7, 11) is -2.13. The van der Waals surface area contributed by atoms with Crippen LogP contribution in [0.1, 0.15) is 42.7 Å². The van der Waals surface area contributed by atoms with Gasteiger partial charge in [-0.25, -0.2) is 0 Å². The van der Waals surface area contributed by atoms with Crippen molar-refractivity contribution in [2.24, 2.45) is 0 Å². The summed E-state index contributed by atoms with van der Waals surface area (Å²) in [6.07, 6.45) is 3.38. The van der Waals surface area contributed by atoms with Crippen molar-refractivity contribution in [1.29, 1.82) is 0 Å². The zero-order chi connectivity index (χ0) is 17.9. The monoisotopic (exact) mass is 360 g/mol. The van der Waals surface area contributed by atoms with E-state index in [1.54, 1.807) is 31.4 Å². The summed E-state index contributed by atoms with van der Waals surface area (Å²) in [5.74, 6) is 0.840. The van der Waals surface area contributed by atoms with Gasteiger partial charge in [0.05, 0.1) is 18.1 Å². The molecule has 3 rings (SSSR count). The highest BCUT2D eigenvalue weighted by Crippen LogP contribution is 2.37. The second-order valence-corrected chi connectivity index (χ2v) is 8.14. The van der Waals surface area contributed by atoms with Crippen LogP contribution in [0, 0.1) is 6.92 Å². The van der Waals surface area contributed by atoms with E-state index in [0.717, 1.165) is 42.6 Å². The van der Waals surface area contributed by atoms with Gasteiger partial charge in [0, 0.05) is 5.92 Å². The molecule has 2 aromatic carbocycles. The summed E-state index contributed by atoms with van der Waals surface area (Å²) in [5.41, 5.74) is 2.09. The van der Waals surface area contributed by atoms with Crippen LogP contribution in [0.5, 0.6) is 5.75 Å². The lowest BCUT2D eigenvalue weighted by Crippen LogP contribution is -2.28. The van der Waals surface area contributed by atoms with Crippen LogP contribution in [0.25, 0.3) is 0 Å². The predicted molar refractivity (Wildman–Crippen MR) is 97.4 cm³/mol. The molecule has 0 bridgehead atoms. The van der Waals surface area contributed by atoms with Gasteiger partial charge in [0.2, 0.25) is 0 Å². The average Bonchev–Trinajstić information content (AvgIpc) is 2.62. The molecule has 1 aliphatic carbocycles. The maximum Gasteiger partial charge on any atom is 0.297 e. The Morgan fingerprint density at radius 3 is 2.44 bits per heavy atom. The van der Waals surface area contributed by atoms with Crippen LogP contribution in [0.4, 0.5) is 0 Å². The zero-order valence-corrected chi connectivity index (χ0v) is 15.5. The Bertz CT molecular complexity index is 812. The molecule has 0 aromatic heterocycles. The first-order valence-corrected chi connectivity index (χ1v) is 10.0. The molecule has 2 atom stereocenters. The van der Waals surface area contributed by atoms with E-state index in [-0.39, 0.29) is 16.9 Å². The molecule has 0 saturated heterocycles. The zero-order valence-electron chi connectivity index (χ0n) is 14.6. The summed E-state index contributed by atoms with van der Waals surface area (Å²) >= 11 is 0. The van der Waals surface area contributed by atoms with Crippen molar-refractivity contribution >= 4 is 10.1 Å².